The number of hydrogen-bond donors (Lipinski definition) is 1. The van der Waals surface area contributed by atoms with Crippen LogP contribution in [0.25, 0.3) is 0 Å². The highest BCUT2D eigenvalue weighted by atomic mass is 32.1. The lowest BCUT2D eigenvalue weighted by molar-refractivity contribution is 0.280. The van der Waals surface area contributed by atoms with Crippen LogP contribution in [-0.4, -0.2) is 18.6 Å². The van der Waals surface area contributed by atoms with Crippen LogP contribution in [0.5, 0.6) is 11.5 Å². The monoisotopic (exact) mass is 306 g/mol. The average Bonchev–Trinajstić information content (AvgIpc) is 2.81. The second-order valence-electron chi connectivity index (χ2n) is 4.77. The van der Waals surface area contributed by atoms with Gasteiger partial charge in [-0.2, -0.15) is 0 Å². The number of nitrogens with zero attached hydrogens (tertiary/aromatic N) is 1. The smallest absolute Gasteiger partial charge is 0.166 e. The van der Waals surface area contributed by atoms with Gasteiger partial charge in [0.15, 0.2) is 11.5 Å². The highest BCUT2D eigenvalue weighted by Crippen LogP contribution is 2.32. The highest BCUT2D eigenvalue weighted by molar-refractivity contribution is 7.11. The zero-order valence-electron chi connectivity index (χ0n) is 13.0. The number of aromatic nitrogens is 1. The van der Waals surface area contributed by atoms with Crippen LogP contribution in [0, 0.1) is 13.8 Å². The molecule has 0 radical (unpaired) electrons. The normalized spacial score (nSPS) is 10.7. The van der Waals surface area contributed by atoms with Gasteiger partial charge >= 0.3 is 0 Å². The van der Waals surface area contributed by atoms with Gasteiger partial charge in [-0.1, -0.05) is 19.1 Å². The van der Waals surface area contributed by atoms with Crippen LogP contribution in [-0.2, 0) is 13.2 Å². The third kappa shape index (κ3) is 3.95. The number of benzene rings is 1. The van der Waals surface area contributed by atoms with Crippen molar-refractivity contribution in [3.05, 3.63) is 39.3 Å². The van der Waals surface area contributed by atoms with Crippen molar-refractivity contribution in [3.63, 3.8) is 0 Å². The molecule has 0 spiro atoms. The van der Waals surface area contributed by atoms with Crippen LogP contribution in [0.3, 0.4) is 0 Å². The van der Waals surface area contributed by atoms with Crippen molar-refractivity contribution in [1.29, 1.82) is 0 Å². The Bertz CT molecular complexity index is 576. The van der Waals surface area contributed by atoms with Crippen LogP contribution in [0.1, 0.15) is 28.1 Å². The second kappa shape index (κ2) is 7.43. The van der Waals surface area contributed by atoms with E-state index in [0.29, 0.717) is 6.61 Å². The zero-order valence-corrected chi connectivity index (χ0v) is 13.8. The van der Waals surface area contributed by atoms with Gasteiger partial charge in [0.1, 0.15) is 11.6 Å². The van der Waals surface area contributed by atoms with Crippen LogP contribution in [0.15, 0.2) is 18.2 Å². The predicted octanol–water partition coefficient (Wildman–Crippen LogP) is 3.46. The number of para-hydroxylation sites is 1. The van der Waals surface area contributed by atoms with E-state index < -0.39 is 0 Å². The molecular weight excluding hydrogens is 284 g/mol. The molecule has 0 aliphatic heterocycles. The Labute approximate surface area is 130 Å². The summed E-state index contributed by atoms with van der Waals surface area (Å²) in [5.74, 6) is 1.56. The van der Waals surface area contributed by atoms with Gasteiger partial charge in [0.05, 0.1) is 12.8 Å². The summed E-state index contributed by atoms with van der Waals surface area (Å²) in [6.07, 6.45) is 0. The molecule has 21 heavy (non-hydrogen) atoms. The maximum Gasteiger partial charge on any atom is 0.166 e. The summed E-state index contributed by atoms with van der Waals surface area (Å²) >= 11 is 1.68. The van der Waals surface area contributed by atoms with E-state index in [1.807, 2.05) is 19.1 Å². The molecule has 0 bridgehead atoms. The molecule has 5 heteroatoms. The minimum absolute atomic E-state index is 0.471. The molecule has 0 aliphatic carbocycles. The summed E-state index contributed by atoms with van der Waals surface area (Å²) in [5, 5.41) is 4.31. The van der Waals surface area contributed by atoms with E-state index >= 15 is 0 Å². The molecule has 2 aromatic rings. The zero-order chi connectivity index (χ0) is 15.2. The molecule has 4 nitrogen and oxygen atoms in total. The Hall–Kier alpha value is -1.59. The number of methoxy groups -OCH3 is 1. The van der Waals surface area contributed by atoms with Gasteiger partial charge in [0, 0.05) is 17.0 Å². The van der Waals surface area contributed by atoms with Gasteiger partial charge in [-0.3, -0.25) is 0 Å². The summed E-state index contributed by atoms with van der Waals surface area (Å²) in [6, 6.07) is 5.96. The molecule has 0 aliphatic rings. The SMILES string of the molecule is CCNCc1cccc(OC)c1OCc1nc(C)c(C)s1. The van der Waals surface area contributed by atoms with E-state index in [1.165, 1.54) is 4.88 Å². The summed E-state index contributed by atoms with van der Waals surface area (Å²) < 4.78 is 11.4. The Kier molecular flexibility index (Phi) is 5.59. The van der Waals surface area contributed by atoms with Crippen molar-refractivity contribution in [1.82, 2.24) is 10.3 Å². The van der Waals surface area contributed by atoms with Gasteiger partial charge in [0.25, 0.3) is 0 Å². The first-order chi connectivity index (χ1) is 10.2. The van der Waals surface area contributed by atoms with Crippen LogP contribution in [0.4, 0.5) is 0 Å². The first-order valence-corrected chi connectivity index (χ1v) is 7.89. The first kappa shape index (κ1) is 15.8. The second-order valence-corrected chi connectivity index (χ2v) is 6.05. The lowest BCUT2D eigenvalue weighted by Gasteiger charge is -2.14. The fourth-order valence-electron chi connectivity index (χ4n) is 2.02. The van der Waals surface area contributed by atoms with Gasteiger partial charge in [-0.05, 0) is 26.5 Å². The van der Waals surface area contributed by atoms with Crippen molar-refractivity contribution >= 4 is 11.3 Å². The summed E-state index contributed by atoms with van der Waals surface area (Å²) in [6.45, 7) is 8.34. The molecule has 0 unspecified atom stereocenters. The average molecular weight is 306 g/mol. The van der Waals surface area contributed by atoms with E-state index in [0.717, 1.165) is 40.9 Å². The van der Waals surface area contributed by atoms with E-state index in [4.69, 9.17) is 9.47 Å². The Morgan fingerprint density at radius 3 is 2.71 bits per heavy atom. The Balaban J connectivity index is 2.16. The third-order valence-electron chi connectivity index (χ3n) is 3.26. The number of thiazole rings is 1. The summed E-state index contributed by atoms with van der Waals surface area (Å²) in [4.78, 5) is 5.75. The van der Waals surface area contributed by atoms with Crippen molar-refractivity contribution in [2.45, 2.75) is 33.9 Å². The molecule has 1 heterocycles. The van der Waals surface area contributed by atoms with Gasteiger partial charge in [-0.15, -0.1) is 11.3 Å². The van der Waals surface area contributed by atoms with Crippen molar-refractivity contribution in [2.75, 3.05) is 13.7 Å². The maximum atomic E-state index is 5.99. The Morgan fingerprint density at radius 1 is 1.29 bits per heavy atom. The lowest BCUT2D eigenvalue weighted by atomic mass is 10.2. The molecule has 1 aromatic carbocycles. The third-order valence-corrected chi connectivity index (χ3v) is 4.30. The van der Waals surface area contributed by atoms with Crippen molar-refractivity contribution < 1.29 is 9.47 Å². The minimum atomic E-state index is 0.471. The molecule has 0 saturated heterocycles. The maximum absolute atomic E-state index is 5.99. The summed E-state index contributed by atoms with van der Waals surface area (Å²) in [7, 11) is 1.66. The van der Waals surface area contributed by atoms with E-state index in [9.17, 15) is 0 Å². The molecule has 0 fully saturated rings. The molecule has 0 saturated carbocycles. The highest BCUT2D eigenvalue weighted by Gasteiger charge is 2.12. The molecule has 2 rings (SSSR count). The van der Waals surface area contributed by atoms with Gasteiger partial charge in [-0.25, -0.2) is 4.98 Å². The molecule has 114 valence electrons. The number of ether oxygens (including phenoxy) is 2. The number of aryl methyl sites for hydroxylation is 2. The van der Waals surface area contributed by atoms with E-state index in [-0.39, 0.29) is 0 Å². The largest absolute Gasteiger partial charge is 0.493 e. The van der Waals surface area contributed by atoms with Gasteiger partial charge < -0.3 is 14.8 Å². The quantitative estimate of drug-likeness (QED) is 0.851. The summed E-state index contributed by atoms with van der Waals surface area (Å²) in [5.41, 5.74) is 2.17. The first-order valence-electron chi connectivity index (χ1n) is 7.08. The molecule has 1 aromatic heterocycles. The van der Waals surface area contributed by atoms with Gasteiger partial charge in [0.2, 0.25) is 0 Å². The minimum Gasteiger partial charge on any atom is -0.493 e. The lowest BCUT2D eigenvalue weighted by Crippen LogP contribution is -2.13. The fourth-order valence-corrected chi connectivity index (χ4v) is 2.87. The fraction of sp³-hybridized carbons (Fsp3) is 0.438. The van der Waals surface area contributed by atoms with Crippen molar-refractivity contribution in [2.24, 2.45) is 0 Å². The molecule has 1 N–H and O–H groups in total. The van der Waals surface area contributed by atoms with Crippen LogP contribution in [0.2, 0.25) is 0 Å². The van der Waals surface area contributed by atoms with E-state index in [2.05, 4.69) is 30.2 Å². The topological polar surface area (TPSA) is 43.4 Å². The molecule has 0 amide bonds. The van der Waals surface area contributed by atoms with Crippen LogP contribution < -0.4 is 14.8 Å². The molecule has 0 atom stereocenters. The van der Waals surface area contributed by atoms with E-state index in [1.54, 1.807) is 18.4 Å². The predicted molar refractivity (Wildman–Crippen MR) is 86.3 cm³/mol. The van der Waals surface area contributed by atoms with Crippen molar-refractivity contribution in [3.8, 4) is 11.5 Å². The number of hydrogen-bond acceptors (Lipinski definition) is 5. The number of nitrogens with one attached hydrogen (secondary N) is 1. The van der Waals surface area contributed by atoms with Crippen LogP contribution >= 0.6 is 11.3 Å². The number of rotatable bonds is 7. The standard InChI is InChI=1S/C16H22N2O2S/c1-5-17-9-13-7-6-8-14(19-4)16(13)20-10-15-18-11(2)12(3)21-15/h6-8,17H,5,9-10H2,1-4H3. The molecular formula is C16H22N2O2S. The Morgan fingerprint density at radius 2 is 2.10 bits per heavy atom.